The summed E-state index contributed by atoms with van der Waals surface area (Å²) >= 11 is 5.97. The zero-order chi connectivity index (χ0) is 13.4. The van der Waals surface area contributed by atoms with Crippen molar-refractivity contribution in [2.75, 3.05) is 5.73 Å². The molecule has 3 aromatic rings. The van der Waals surface area contributed by atoms with Gasteiger partial charge in [-0.05, 0) is 37.3 Å². The number of anilines is 1. The van der Waals surface area contributed by atoms with Gasteiger partial charge < -0.3 is 10.3 Å². The van der Waals surface area contributed by atoms with Crippen LogP contribution in [0.4, 0.5) is 5.95 Å². The van der Waals surface area contributed by atoms with Crippen LogP contribution in [0.2, 0.25) is 5.02 Å². The van der Waals surface area contributed by atoms with Crippen LogP contribution in [0.3, 0.4) is 0 Å². The summed E-state index contributed by atoms with van der Waals surface area (Å²) in [5.74, 6) is 0.468. The molecule has 4 nitrogen and oxygen atoms in total. The molecule has 19 heavy (non-hydrogen) atoms. The van der Waals surface area contributed by atoms with Crippen molar-refractivity contribution in [3.8, 4) is 0 Å². The third kappa shape index (κ3) is 2.04. The third-order valence-corrected chi connectivity index (χ3v) is 3.42. The molecule has 0 spiro atoms. The lowest BCUT2D eigenvalue weighted by Gasteiger charge is -2.15. The quantitative estimate of drug-likeness (QED) is 0.779. The molecular formula is C14H13ClN4. The Morgan fingerprint density at radius 3 is 2.84 bits per heavy atom. The predicted octanol–water partition coefficient (Wildman–Crippen LogP) is 3.28. The first-order valence-electron chi connectivity index (χ1n) is 6.00. The highest BCUT2D eigenvalue weighted by molar-refractivity contribution is 6.31. The number of rotatable bonds is 2. The summed E-state index contributed by atoms with van der Waals surface area (Å²) in [4.78, 5) is 8.72. The molecule has 0 saturated carbocycles. The van der Waals surface area contributed by atoms with Crippen LogP contribution in [0.25, 0.3) is 11.0 Å². The molecule has 1 atom stereocenters. The van der Waals surface area contributed by atoms with E-state index in [1.165, 1.54) is 0 Å². The number of fused-ring (bicyclic) bond motifs is 1. The van der Waals surface area contributed by atoms with Gasteiger partial charge in [-0.15, -0.1) is 0 Å². The lowest BCUT2D eigenvalue weighted by molar-refractivity contribution is 0.647. The highest BCUT2D eigenvalue weighted by Crippen LogP contribution is 2.27. The maximum absolute atomic E-state index is 6.02. The molecule has 0 saturated heterocycles. The average Bonchev–Trinajstić information content (AvgIpc) is 2.74. The summed E-state index contributed by atoms with van der Waals surface area (Å²) in [7, 11) is 0. The van der Waals surface area contributed by atoms with E-state index in [0.29, 0.717) is 11.0 Å². The zero-order valence-corrected chi connectivity index (χ0v) is 11.2. The Kier molecular flexibility index (Phi) is 2.87. The minimum absolute atomic E-state index is 0.0207. The smallest absolute Gasteiger partial charge is 0.201 e. The van der Waals surface area contributed by atoms with Crippen LogP contribution in [-0.4, -0.2) is 14.5 Å². The predicted molar refractivity (Wildman–Crippen MR) is 77.2 cm³/mol. The van der Waals surface area contributed by atoms with Gasteiger partial charge in [-0.2, -0.15) is 0 Å². The summed E-state index contributed by atoms with van der Waals surface area (Å²) in [6.45, 7) is 2.05. The fourth-order valence-corrected chi connectivity index (χ4v) is 2.42. The maximum Gasteiger partial charge on any atom is 0.201 e. The Balaban J connectivity index is 2.17. The number of aromatic nitrogens is 3. The second kappa shape index (κ2) is 4.55. The largest absolute Gasteiger partial charge is 0.369 e. The molecule has 2 aromatic heterocycles. The van der Waals surface area contributed by atoms with Crippen molar-refractivity contribution in [2.45, 2.75) is 13.0 Å². The van der Waals surface area contributed by atoms with Crippen molar-refractivity contribution in [1.82, 2.24) is 14.5 Å². The second-order valence-electron chi connectivity index (χ2n) is 4.40. The first kappa shape index (κ1) is 12.0. The van der Waals surface area contributed by atoms with Crippen LogP contribution in [0, 0.1) is 0 Å². The van der Waals surface area contributed by atoms with Crippen LogP contribution in [0.1, 0.15) is 18.7 Å². The number of halogens is 1. The molecule has 2 N–H and O–H groups in total. The number of pyridine rings is 1. The first-order valence-corrected chi connectivity index (χ1v) is 6.38. The van der Waals surface area contributed by atoms with E-state index in [4.69, 9.17) is 17.3 Å². The number of imidazole rings is 1. The molecule has 3 rings (SSSR count). The fourth-order valence-electron chi connectivity index (χ4n) is 2.25. The molecule has 0 amide bonds. The van der Waals surface area contributed by atoms with E-state index < -0.39 is 0 Å². The number of nitrogens with two attached hydrogens (primary N) is 1. The van der Waals surface area contributed by atoms with Crippen molar-refractivity contribution in [3.05, 3.63) is 53.3 Å². The van der Waals surface area contributed by atoms with Crippen LogP contribution < -0.4 is 5.73 Å². The van der Waals surface area contributed by atoms with Crippen molar-refractivity contribution in [3.63, 3.8) is 0 Å². The molecular weight excluding hydrogens is 260 g/mol. The van der Waals surface area contributed by atoms with Crippen LogP contribution in [0.15, 0.2) is 42.6 Å². The first-order chi connectivity index (χ1) is 9.16. The fraction of sp³-hybridized carbons (Fsp3) is 0.143. The lowest BCUT2D eigenvalue weighted by Crippen LogP contribution is -2.11. The van der Waals surface area contributed by atoms with E-state index in [1.54, 1.807) is 6.20 Å². The van der Waals surface area contributed by atoms with Crippen LogP contribution >= 0.6 is 11.6 Å². The van der Waals surface area contributed by atoms with Gasteiger partial charge in [0.05, 0.1) is 22.8 Å². The van der Waals surface area contributed by atoms with Gasteiger partial charge in [0.15, 0.2) is 0 Å². The summed E-state index contributed by atoms with van der Waals surface area (Å²) in [5.41, 5.74) is 8.73. The van der Waals surface area contributed by atoms with Gasteiger partial charge in [0.2, 0.25) is 5.95 Å². The average molecular weight is 273 g/mol. The molecule has 0 bridgehead atoms. The van der Waals surface area contributed by atoms with Gasteiger partial charge in [-0.3, -0.25) is 4.98 Å². The number of hydrogen-bond acceptors (Lipinski definition) is 3. The number of nitrogens with zero attached hydrogens (tertiary/aromatic N) is 3. The molecule has 0 aliphatic heterocycles. The lowest BCUT2D eigenvalue weighted by atomic mass is 10.2. The number of nitrogen functional groups attached to an aromatic ring is 1. The molecule has 0 aliphatic carbocycles. The maximum atomic E-state index is 6.02. The van der Waals surface area contributed by atoms with Crippen molar-refractivity contribution >= 4 is 28.6 Å². The Hall–Kier alpha value is -2.07. The minimum atomic E-state index is 0.0207. The summed E-state index contributed by atoms with van der Waals surface area (Å²) < 4.78 is 1.97. The van der Waals surface area contributed by atoms with Crippen molar-refractivity contribution < 1.29 is 0 Å². The Morgan fingerprint density at radius 1 is 1.26 bits per heavy atom. The van der Waals surface area contributed by atoms with E-state index in [1.807, 2.05) is 41.0 Å². The van der Waals surface area contributed by atoms with E-state index in [0.717, 1.165) is 16.7 Å². The van der Waals surface area contributed by atoms with Gasteiger partial charge in [0.25, 0.3) is 0 Å². The second-order valence-corrected chi connectivity index (χ2v) is 4.84. The van der Waals surface area contributed by atoms with Gasteiger partial charge in [0, 0.05) is 11.2 Å². The standard InChI is InChI=1S/C14H13ClN4/c1-9(11-4-2-3-7-17-11)19-13-6-5-10(15)8-12(13)18-14(19)16/h2-9H,1H3,(H2,16,18). The monoisotopic (exact) mass is 272 g/mol. The van der Waals surface area contributed by atoms with Gasteiger partial charge >= 0.3 is 0 Å². The van der Waals surface area contributed by atoms with Crippen LogP contribution in [-0.2, 0) is 0 Å². The zero-order valence-electron chi connectivity index (χ0n) is 10.4. The van der Waals surface area contributed by atoms with Crippen molar-refractivity contribution in [1.29, 1.82) is 0 Å². The van der Waals surface area contributed by atoms with Gasteiger partial charge in [-0.1, -0.05) is 17.7 Å². The van der Waals surface area contributed by atoms with Gasteiger partial charge in [0.1, 0.15) is 0 Å². The molecule has 0 radical (unpaired) electrons. The molecule has 5 heteroatoms. The van der Waals surface area contributed by atoms with E-state index >= 15 is 0 Å². The number of hydrogen-bond donors (Lipinski definition) is 1. The summed E-state index contributed by atoms with van der Waals surface area (Å²) in [5, 5.41) is 0.655. The van der Waals surface area contributed by atoms with E-state index in [2.05, 4.69) is 16.9 Å². The summed E-state index contributed by atoms with van der Waals surface area (Å²) in [6.07, 6.45) is 1.78. The normalized spacial score (nSPS) is 12.7. The highest BCUT2D eigenvalue weighted by Gasteiger charge is 2.16. The Bertz CT molecular complexity index is 721. The molecule has 96 valence electrons. The van der Waals surface area contributed by atoms with E-state index in [-0.39, 0.29) is 6.04 Å². The molecule has 0 fully saturated rings. The van der Waals surface area contributed by atoms with Crippen LogP contribution in [0.5, 0.6) is 0 Å². The molecule has 1 unspecified atom stereocenters. The highest BCUT2D eigenvalue weighted by atomic mass is 35.5. The Labute approximate surface area is 115 Å². The minimum Gasteiger partial charge on any atom is -0.369 e. The third-order valence-electron chi connectivity index (χ3n) is 3.18. The van der Waals surface area contributed by atoms with E-state index in [9.17, 15) is 0 Å². The topological polar surface area (TPSA) is 56.7 Å². The molecule has 0 aliphatic rings. The number of benzene rings is 1. The molecule has 2 heterocycles. The van der Waals surface area contributed by atoms with Gasteiger partial charge in [-0.25, -0.2) is 4.98 Å². The Morgan fingerprint density at radius 2 is 2.11 bits per heavy atom. The molecule has 1 aromatic carbocycles. The van der Waals surface area contributed by atoms with Crippen molar-refractivity contribution in [2.24, 2.45) is 0 Å². The SMILES string of the molecule is CC(c1ccccn1)n1c(N)nc2cc(Cl)ccc21. The summed E-state index contributed by atoms with van der Waals surface area (Å²) in [6, 6.07) is 11.4.